The van der Waals surface area contributed by atoms with Crippen molar-refractivity contribution in [1.29, 1.82) is 0 Å². The number of H-pyrrole nitrogens is 1. The SMILES string of the molecule is C#CCn1c(=O)c2[nH]c(CCc3ccc(OC)c(OC)c3)nc2n(CCCCP(=O)(O)O)c1=O. The number of aromatic nitrogens is 4. The predicted octanol–water partition coefficient (Wildman–Crippen LogP) is 1.28. The normalized spacial score (nSPS) is 11.5. The second kappa shape index (κ2) is 10.7. The number of ether oxygens (including phenoxy) is 2. The minimum absolute atomic E-state index is 0.139. The highest BCUT2D eigenvalue weighted by Crippen LogP contribution is 2.35. The molecule has 0 saturated heterocycles. The summed E-state index contributed by atoms with van der Waals surface area (Å²) in [5, 5.41) is 0. The molecule has 3 rings (SSSR count). The highest BCUT2D eigenvalue weighted by Gasteiger charge is 2.18. The Kier molecular flexibility index (Phi) is 7.99. The highest BCUT2D eigenvalue weighted by atomic mass is 31.2. The summed E-state index contributed by atoms with van der Waals surface area (Å²) in [5.41, 5.74) is 0.158. The van der Waals surface area contributed by atoms with E-state index < -0.39 is 18.8 Å². The Hall–Kier alpha value is -3.32. The molecular formula is C22H27N4O7P. The van der Waals surface area contributed by atoms with Crippen LogP contribution < -0.4 is 20.7 Å². The van der Waals surface area contributed by atoms with Crippen molar-refractivity contribution >= 4 is 18.8 Å². The number of hydrogen-bond donors (Lipinski definition) is 3. The summed E-state index contributed by atoms with van der Waals surface area (Å²) in [6.45, 7) is -0.0593. The molecule has 2 aromatic heterocycles. The van der Waals surface area contributed by atoms with Crippen molar-refractivity contribution in [3.63, 3.8) is 0 Å². The van der Waals surface area contributed by atoms with Crippen LogP contribution in [0.15, 0.2) is 27.8 Å². The van der Waals surface area contributed by atoms with Crippen molar-refractivity contribution in [3.05, 3.63) is 50.4 Å². The summed E-state index contributed by atoms with van der Waals surface area (Å²) in [6.07, 6.45) is 6.63. The van der Waals surface area contributed by atoms with E-state index in [1.807, 2.05) is 12.1 Å². The number of terminal acetylenes is 1. The van der Waals surface area contributed by atoms with Crippen LogP contribution in [0.5, 0.6) is 11.5 Å². The van der Waals surface area contributed by atoms with Crippen molar-refractivity contribution in [2.24, 2.45) is 0 Å². The highest BCUT2D eigenvalue weighted by molar-refractivity contribution is 7.51. The van der Waals surface area contributed by atoms with Crippen molar-refractivity contribution < 1.29 is 23.8 Å². The van der Waals surface area contributed by atoms with Gasteiger partial charge in [-0.05, 0) is 37.0 Å². The number of aryl methyl sites for hydroxylation is 3. The van der Waals surface area contributed by atoms with E-state index in [0.717, 1.165) is 10.1 Å². The van der Waals surface area contributed by atoms with Crippen LogP contribution in [0.25, 0.3) is 11.2 Å². The van der Waals surface area contributed by atoms with Gasteiger partial charge < -0.3 is 24.2 Å². The number of methoxy groups -OCH3 is 2. The lowest BCUT2D eigenvalue weighted by Gasteiger charge is -2.10. The lowest BCUT2D eigenvalue weighted by atomic mass is 10.1. The minimum atomic E-state index is -4.13. The number of nitrogens with zero attached hydrogens (tertiary/aromatic N) is 3. The van der Waals surface area contributed by atoms with Crippen molar-refractivity contribution in [1.82, 2.24) is 19.1 Å². The molecule has 0 aliphatic rings. The molecule has 3 N–H and O–H groups in total. The third kappa shape index (κ3) is 5.78. The fourth-order valence-electron chi connectivity index (χ4n) is 3.65. The van der Waals surface area contributed by atoms with Gasteiger partial charge in [-0.25, -0.2) is 14.3 Å². The van der Waals surface area contributed by atoms with E-state index in [2.05, 4.69) is 15.9 Å². The predicted molar refractivity (Wildman–Crippen MR) is 127 cm³/mol. The van der Waals surface area contributed by atoms with E-state index in [9.17, 15) is 14.2 Å². The van der Waals surface area contributed by atoms with E-state index in [1.54, 1.807) is 20.3 Å². The zero-order valence-corrected chi connectivity index (χ0v) is 19.9. The molecule has 34 heavy (non-hydrogen) atoms. The second-order valence-corrected chi connectivity index (χ2v) is 9.47. The monoisotopic (exact) mass is 490 g/mol. The van der Waals surface area contributed by atoms with Gasteiger partial charge in [0.15, 0.2) is 17.1 Å². The van der Waals surface area contributed by atoms with E-state index >= 15 is 0 Å². The Bertz CT molecular complexity index is 1380. The Balaban J connectivity index is 1.91. The molecule has 0 bridgehead atoms. The van der Waals surface area contributed by atoms with Gasteiger partial charge in [-0.15, -0.1) is 6.42 Å². The minimum Gasteiger partial charge on any atom is -0.493 e. The summed E-state index contributed by atoms with van der Waals surface area (Å²) < 4.78 is 24.0. The number of benzene rings is 1. The first-order valence-corrected chi connectivity index (χ1v) is 12.4. The van der Waals surface area contributed by atoms with Gasteiger partial charge in [-0.3, -0.25) is 13.9 Å². The summed E-state index contributed by atoms with van der Waals surface area (Å²) in [7, 11) is -1.01. The van der Waals surface area contributed by atoms with Crippen LogP contribution in [0, 0.1) is 12.3 Å². The first kappa shape index (κ1) is 25.3. The van der Waals surface area contributed by atoms with E-state index in [-0.39, 0.29) is 36.8 Å². The molecule has 0 fully saturated rings. The molecule has 0 radical (unpaired) electrons. The smallest absolute Gasteiger partial charge is 0.333 e. The van der Waals surface area contributed by atoms with Gasteiger partial charge in [0.2, 0.25) is 0 Å². The Morgan fingerprint density at radius 1 is 1.12 bits per heavy atom. The fraction of sp³-hybridized carbons (Fsp3) is 0.409. The molecule has 2 heterocycles. The van der Waals surface area contributed by atoms with Crippen LogP contribution >= 0.6 is 7.60 Å². The number of hydrogen-bond acceptors (Lipinski definition) is 6. The lowest BCUT2D eigenvalue weighted by Crippen LogP contribution is -2.40. The van der Waals surface area contributed by atoms with Gasteiger partial charge in [-0.2, -0.15) is 0 Å². The maximum Gasteiger partial charge on any atom is 0.333 e. The number of imidazole rings is 1. The number of unbranched alkanes of at least 4 members (excludes halogenated alkanes) is 1. The van der Waals surface area contributed by atoms with Crippen molar-refractivity contribution in [2.45, 2.75) is 38.8 Å². The second-order valence-electron chi connectivity index (χ2n) is 7.70. The number of fused-ring (bicyclic) bond motifs is 1. The zero-order chi connectivity index (χ0) is 24.9. The summed E-state index contributed by atoms with van der Waals surface area (Å²) >= 11 is 0. The Labute approximate surface area is 195 Å². The average molecular weight is 490 g/mol. The summed E-state index contributed by atoms with van der Waals surface area (Å²) in [4.78, 5) is 51.4. The van der Waals surface area contributed by atoms with Crippen LogP contribution in [-0.2, 0) is 30.5 Å². The van der Waals surface area contributed by atoms with E-state index in [1.165, 1.54) is 4.57 Å². The first-order chi connectivity index (χ1) is 16.2. The average Bonchev–Trinajstić information content (AvgIpc) is 3.23. The summed E-state index contributed by atoms with van der Waals surface area (Å²) in [5.74, 6) is 4.05. The molecule has 0 saturated carbocycles. The van der Waals surface area contributed by atoms with Crippen LogP contribution in [-0.4, -0.2) is 49.3 Å². The van der Waals surface area contributed by atoms with Crippen LogP contribution in [0.2, 0.25) is 0 Å². The molecule has 12 heteroatoms. The molecule has 0 aliphatic heterocycles. The maximum atomic E-state index is 12.9. The third-order valence-corrected chi connectivity index (χ3v) is 6.24. The van der Waals surface area contributed by atoms with Gasteiger partial charge >= 0.3 is 13.3 Å². The largest absolute Gasteiger partial charge is 0.493 e. The quantitative estimate of drug-likeness (QED) is 0.207. The number of rotatable bonds is 11. The number of aromatic amines is 1. The Morgan fingerprint density at radius 2 is 1.85 bits per heavy atom. The van der Waals surface area contributed by atoms with Crippen LogP contribution in [0.1, 0.15) is 24.2 Å². The van der Waals surface area contributed by atoms with Crippen molar-refractivity contribution in [3.8, 4) is 23.8 Å². The Morgan fingerprint density at radius 3 is 2.50 bits per heavy atom. The first-order valence-electron chi connectivity index (χ1n) is 10.6. The van der Waals surface area contributed by atoms with Crippen molar-refractivity contribution in [2.75, 3.05) is 20.4 Å². The molecule has 182 valence electrons. The fourth-order valence-corrected chi connectivity index (χ4v) is 4.29. The molecule has 0 unspecified atom stereocenters. The molecule has 0 spiro atoms. The van der Waals surface area contributed by atoms with Gasteiger partial charge in [0.05, 0.1) is 20.8 Å². The van der Waals surface area contributed by atoms with Gasteiger partial charge in [0, 0.05) is 19.1 Å². The van der Waals surface area contributed by atoms with Crippen LogP contribution in [0.4, 0.5) is 0 Å². The molecule has 11 nitrogen and oxygen atoms in total. The maximum absolute atomic E-state index is 12.9. The molecule has 0 aliphatic carbocycles. The zero-order valence-electron chi connectivity index (χ0n) is 19.0. The van der Waals surface area contributed by atoms with Gasteiger partial charge in [0.25, 0.3) is 5.56 Å². The van der Waals surface area contributed by atoms with E-state index in [0.29, 0.717) is 36.6 Å². The lowest BCUT2D eigenvalue weighted by molar-refractivity contribution is 0.354. The molecule has 0 atom stereocenters. The summed E-state index contributed by atoms with van der Waals surface area (Å²) in [6, 6.07) is 5.57. The molecule has 3 aromatic rings. The van der Waals surface area contributed by atoms with Gasteiger partial charge in [-0.1, -0.05) is 12.0 Å². The molecule has 1 aromatic carbocycles. The number of nitrogens with one attached hydrogen (secondary N) is 1. The topological polar surface area (TPSA) is 149 Å². The molecule has 0 amide bonds. The third-order valence-electron chi connectivity index (χ3n) is 5.34. The molecular weight excluding hydrogens is 463 g/mol. The standard InChI is InChI=1S/C22H27N4O7P/c1-4-11-26-21(27)19-20(25(22(26)28)12-5-6-13-34(29,30)31)24-18(23-19)10-8-15-7-9-16(32-2)17(14-15)33-3/h1,7,9,14H,5-6,8,10-13H2,2-3H3,(H,23,24)(H2,29,30,31). The van der Waals surface area contributed by atoms with E-state index in [4.69, 9.17) is 25.7 Å². The van der Waals surface area contributed by atoms with Gasteiger partial charge in [0.1, 0.15) is 11.3 Å². The van der Waals surface area contributed by atoms with Crippen LogP contribution in [0.3, 0.4) is 0 Å².